The number of ether oxygens (including phenoxy) is 2. The van der Waals surface area contributed by atoms with Gasteiger partial charge in [-0.15, -0.1) is 0 Å². The average Bonchev–Trinajstić information content (AvgIpc) is 2.47. The minimum absolute atomic E-state index is 0.128. The molecule has 1 fully saturated rings. The molecule has 0 unspecified atom stereocenters. The van der Waals surface area contributed by atoms with Crippen LogP contribution in [0.4, 0.5) is 0 Å². The van der Waals surface area contributed by atoms with Crippen molar-refractivity contribution in [2.75, 3.05) is 19.7 Å². The zero-order valence-electron chi connectivity index (χ0n) is 14.0. The number of benzene rings is 1. The number of hydrogen-bond acceptors (Lipinski definition) is 4. The fraction of sp³-hybridized carbons (Fsp3) is 0.625. The van der Waals surface area contributed by atoms with E-state index in [0.717, 1.165) is 12.0 Å². The van der Waals surface area contributed by atoms with E-state index in [1.54, 1.807) is 6.07 Å². The largest absolute Gasteiger partial charge is 0.492 e. The molecule has 23 heavy (non-hydrogen) atoms. The molecular weight excluding hydrogens is 338 g/mol. The Morgan fingerprint density at radius 2 is 1.91 bits per heavy atom. The van der Waals surface area contributed by atoms with Crippen LogP contribution in [-0.4, -0.2) is 44.6 Å². The van der Waals surface area contributed by atoms with E-state index in [-0.39, 0.29) is 17.1 Å². The van der Waals surface area contributed by atoms with Crippen molar-refractivity contribution in [2.24, 2.45) is 0 Å². The van der Waals surface area contributed by atoms with E-state index in [1.807, 2.05) is 27.7 Å². The number of morpholine rings is 1. The molecule has 0 radical (unpaired) electrons. The molecular formula is C16H24ClNO4S. The van der Waals surface area contributed by atoms with Gasteiger partial charge >= 0.3 is 0 Å². The molecule has 0 N–H and O–H groups in total. The molecule has 0 spiro atoms. The summed E-state index contributed by atoms with van der Waals surface area (Å²) in [4.78, 5) is 0.128. The first kappa shape index (κ1) is 18.5. The predicted molar refractivity (Wildman–Crippen MR) is 90.7 cm³/mol. The summed E-state index contributed by atoms with van der Waals surface area (Å²) in [5, 5.41) is 0.418. The summed E-state index contributed by atoms with van der Waals surface area (Å²) in [7, 11) is -3.68. The Kier molecular flexibility index (Phi) is 5.94. The molecule has 0 amide bonds. The van der Waals surface area contributed by atoms with Crippen molar-refractivity contribution in [3.05, 3.63) is 22.7 Å². The van der Waals surface area contributed by atoms with Gasteiger partial charge in [-0.2, -0.15) is 4.31 Å². The highest BCUT2D eigenvalue weighted by Crippen LogP contribution is 2.33. The molecule has 0 aliphatic carbocycles. The van der Waals surface area contributed by atoms with Crippen LogP contribution >= 0.6 is 11.6 Å². The Bertz CT molecular complexity index is 652. The van der Waals surface area contributed by atoms with Crippen molar-refractivity contribution in [2.45, 2.75) is 51.2 Å². The van der Waals surface area contributed by atoms with Crippen LogP contribution in [0.25, 0.3) is 0 Å². The topological polar surface area (TPSA) is 55.8 Å². The standard InChI is InChI=1S/C16H24ClNO4S/c1-5-6-21-15-7-11(2)14(17)8-16(15)23(19,20)18-9-12(3)22-13(4)10-18/h7-8,12-13H,5-6,9-10H2,1-4H3/t12-,13+. The highest BCUT2D eigenvalue weighted by Gasteiger charge is 2.34. The lowest BCUT2D eigenvalue weighted by atomic mass is 10.2. The number of hydrogen-bond donors (Lipinski definition) is 0. The monoisotopic (exact) mass is 361 g/mol. The van der Waals surface area contributed by atoms with Gasteiger partial charge in [0.25, 0.3) is 0 Å². The van der Waals surface area contributed by atoms with Crippen LogP contribution in [-0.2, 0) is 14.8 Å². The Balaban J connectivity index is 2.43. The Morgan fingerprint density at radius 3 is 2.48 bits per heavy atom. The highest BCUT2D eigenvalue weighted by atomic mass is 35.5. The van der Waals surface area contributed by atoms with E-state index >= 15 is 0 Å². The Hall–Kier alpha value is -0.820. The molecule has 7 heteroatoms. The normalized spacial score (nSPS) is 23.0. The van der Waals surface area contributed by atoms with Crippen LogP contribution in [0.2, 0.25) is 5.02 Å². The predicted octanol–water partition coefficient (Wildman–Crippen LogP) is 3.24. The number of aryl methyl sites for hydroxylation is 1. The molecule has 130 valence electrons. The summed E-state index contributed by atoms with van der Waals surface area (Å²) >= 11 is 6.16. The maximum Gasteiger partial charge on any atom is 0.246 e. The third-order valence-corrected chi connectivity index (χ3v) is 5.95. The van der Waals surface area contributed by atoms with Crippen molar-refractivity contribution >= 4 is 21.6 Å². The molecule has 2 rings (SSSR count). The zero-order chi connectivity index (χ0) is 17.2. The fourth-order valence-corrected chi connectivity index (χ4v) is 4.59. The van der Waals surface area contributed by atoms with Gasteiger partial charge in [0.1, 0.15) is 10.6 Å². The first-order chi connectivity index (χ1) is 10.8. The summed E-state index contributed by atoms with van der Waals surface area (Å²) in [6.07, 6.45) is 0.510. The number of nitrogens with zero attached hydrogens (tertiary/aromatic N) is 1. The molecule has 0 saturated carbocycles. The number of sulfonamides is 1. The van der Waals surface area contributed by atoms with Crippen LogP contribution in [0.1, 0.15) is 32.8 Å². The van der Waals surface area contributed by atoms with Crippen LogP contribution in [0.15, 0.2) is 17.0 Å². The van der Waals surface area contributed by atoms with Crippen molar-refractivity contribution < 1.29 is 17.9 Å². The van der Waals surface area contributed by atoms with E-state index in [0.29, 0.717) is 30.5 Å². The van der Waals surface area contributed by atoms with Gasteiger partial charge in [-0.3, -0.25) is 0 Å². The second kappa shape index (κ2) is 7.38. The third kappa shape index (κ3) is 4.18. The summed E-state index contributed by atoms with van der Waals surface area (Å²) in [6.45, 7) is 8.65. The van der Waals surface area contributed by atoms with Gasteiger partial charge in [-0.05, 0) is 44.9 Å². The number of halogens is 1. The van der Waals surface area contributed by atoms with Crippen molar-refractivity contribution in [3.8, 4) is 5.75 Å². The Labute approximate surface area is 143 Å². The van der Waals surface area contributed by atoms with Gasteiger partial charge in [-0.25, -0.2) is 8.42 Å². The van der Waals surface area contributed by atoms with E-state index < -0.39 is 10.0 Å². The van der Waals surface area contributed by atoms with E-state index in [4.69, 9.17) is 21.1 Å². The zero-order valence-corrected chi connectivity index (χ0v) is 15.6. The molecule has 1 aromatic carbocycles. The molecule has 1 saturated heterocycles. The third-order valence-electron chi connectivity index (χ3n) is 3.69. The van der Waals surface area contributed by atoms with Gasteiger partial charge in [-0.1, -0.05) is 18.5 Å². The Morgan fingerprint density at radius 1 is 1.30 bits per heavy atom. The summed E-state index contributed by atoms with van der Waals surface area (Å²) in [6, 6.07) is 3.18. The van der Waals surface area contributed by atoms with Gasteiger partial charge < -0.3 is 9.47 Å². The molecule has 1 heterocycles. The first-order valence-corrected chi connectivity index (χ1v) is 9.66. The van der Waals surface area contributed by atoms with Crippen molar-refractivity contribution in [3.63, 3.8) is 0 Å². The lowest BCUT2D eigenvalue weighted by molar-refractivity contribution is -0.0441. The maximum atomic E-state index is 13.1. The van der Waals surface area contributed by atoms with Crippen LogP contribution in [0.5, 0.6) is 5.75 Å². The van der Waals surface area contributed by atoms with Crippen molar-refractivity contribution in [1.82, 2.24) is 4.31 Å². The second-order valence-electron chi connectivity index (χ2n) is 5.98. The first-order valence-electron chi connectivity index (χ1n) is 7.84. The molecule has 0 bridgehead atoms. The smallest absolute Gasteiger partial charge is 0.246 e. The molecule has 2 atom stereocenters. The van der Waals surface area contributed by atoms with Gasteiger partial charge in [0.15, 0.2) is 0 Å². The SMILES string of the molecule is CCCOc1cc(C)c(Cl)cc1S(=O)(=O)N1C[C@@H](C)O[C@@H](C)C1. The molecule has 0 aromatic heterocycles. The van der Waals surface area contributed by atoms with Crippen LogP contribution in [0, 0.1) is 6.92 Å². The molecule has 1 aromatic rings. The molecule has 1 aliphatic rings. The maximum absolute atomic E-state index is 13.1. The lowest BCUT2D eigenvalue weighted by Gasteiger charge is -2.34. The highest BCUT2D eigenvalue weighted by molar-refractivity contribution is 7.89. The van der Waals surface area contributed by atoms with E-state index in [9.17, 15) is 8.42 Å². The average molecular weight is 362 g/mol. The van der Waals surface area contributed by atoms with Crippen molar-refractivity contribution in [1.29, 1.82) is 0 Å². The van der Waals surface area contributed by atoms with Crippen LogP contribution in [0.3, 0.4) is 0 Å². The lowest BCUT2D eigenvalue weighted by Crippen LogP contribution is -2.48. The fourth-order valence-electron chi connectivity index (χ4n) is 2.63. The minimum Gasteiger partial charge on any atom is -0.492 e. The quantitative estimate of drug-likeness (QED) is 0.807. The van der Waals surface area contributed by atoms with E-state index in [1.165, 1.54) is 10.4 Å². The minimum atomic E-state index is -3.68. The van der Waals surface area contributed by atoms with Crippen LogP contribution < -0.4 is 4.74 Å². The molecule has 1 aliphatic heterocycles. The van der Waals surface area contributed by atoms with Gasteiger partial charge in [0, 0.05) is 18.1 Å². The number of rotatable bonds is 5. The van der Waals surface area contributed by atoms with Gasteiger partial charge in [0.2, 0.25) is 10.0 Å². The summed E-state index contributed by atoms with van der Waals surface area (Å²) in [5.74, 6) is 0.362. The molecule has 5 nitrogen and oxygen atoms in total. The summed E-state index contributed by atoms with van der Waals surface area (Å²) in [5.41, 5.74) is 0.792. The van der Waals surface area contributed by atoms with E-state index in [2.05, 4.69) is 0 Å². The van der Waals surface area contributed by atoms with Gasteiger partial charge in [0.05, 0.1) is 18.8 Å². The summed E-state index contributed by atoms with van der Waals surface area (Å²) < 4.78 is 38.8. The second-order valence-corrected chi connectivity index (χ2v) is 8.29.